The molecular formula is C19H21F3N4O. The molecule has 1 aromatic heterocycles. The summed E-state index contributed by atoms with van der Waals surface area (Å²) < 4.78 is 38.4. The van der Waals surface area contributed by atoms with E-state index in [2.05, 4.69) is 15.3 Å². The number of hydrogen-bond donors (Lipinski definition) is 1. The van der Waals surface area contributed by atoms with Crippen LogP contribution in [0.5, 0.6) is 0 Å². The van der Waals surface area contributed by atoms with Gasteiger partial charge in [-0.05, 0) is 43.9 Å². The summed E-state index contributed by atoms with van der Waals surface area (Å²) in [7, 11) is 0. The number of alkyl halides is 3. The van der Waals surface area contributed by atoms with Crippen LogP contribution in [-0.4, -0.2) is 29.0 Å². The summed E-state index contributed by atoms with van der Waals surface area (Å²) in [4.78, 5) is 21.6. The van der Waals surface area contributed by atoms with Crippen LogP contribution < -0.4 is 10.2 Å². The predicted octanol–water partition coefficient (Wildman–Crippen LogP) is 3.97. The fourth-order valence-electron chi connectivity index (χ4n) is 3.15. The molecule has 1 fully saturated rings. The largest absolute Gasteiger partial charge is 0.433 e. The number of carbonyl (C=O) groups excluding carboxylic acids is 1. The summed E-state index contributed by atoms with van der Waals surface area (Å²) in [5.74, 6) is 0.0119. The molecule has 1 amide bonds. The van der Waals surface area contributed by atoms with E-state index >= 15 is 0 Å². The van der Waals surface area contributed by atoms with Crippen LogP contribution in [0.4, 0.5) is 24.7 Å². The van der Waals surface area contributed by atoms with Crippen molar-refractivity contribution in [3.63, 3.8) is 0 Å². The molecule has 2 heterocycles. The molecule has 2 aromatic rings. The van der Waals surface area contributed by atoms with Gasteiger partial charge in [0, 0.05) is 30.8 Å². The fourth-order valence-corrected chi connectivity index (χ4v) is 3.15. The third-order valence-electron chi connectivity index (χ3n) is 4.78. The second kappa shape index (κ2) is 7.54. The van der Waals surface area contributed by atoms with E-state index in [4.69, 9.17) is 0 Å². The van der Waals surface area contributed by atoms with Crippen molar-refractivity contribution in [2.45, 2.75) is 32.9 Å². The zero-order valence-electron chi connectivity index (χ0n) is 15.2. The highest BCUT2D eigenvalue weighted by Crippen LogP contribution is 2.30. The second-order valence-corrected chi connectivity index (χ2v) is 6.83. The zero-order valence-corrected chi connectivity index (χ0v) is 15.2. The van der Waals surface area contributed by atoms with Crippen molar-refractivity contribution in [2.24, 2.45) is 5.92 Å². The van der Waals surface area contributed by atoms with Crippen molar-refractivity contribution in [3.05, 3.63) is 47.4 Å². The van der Waals surface area contributed by atoms with Gasteiger partial charge in [0.2, 0.25) is 5.91 Å². The Balaban J connectivity index is 1.62. The lowest BCUT2D eigenvalue weighted by Crippen LogP contribution is -2.38. The Morgan fingerprint density at radius 3 is 2.52 bits per heavy atom. The Labute approximate surface area is 155 Å². The lowest BCUT2D eigenvalue weighted by atomic mass is 9.95. The van der Waals surface area contributed by atoms with Gasteiger partial charge in [-0.3, -0.25) is 4.79 Å². The molecule has 0 radical (unpaired) electrons. The number of nitrogens with one attached hydrogen (secondary N) is 1. The van der Waals surface area contributed by atoms with Gasteiger partial charge >= 0.3 is 6.18 Å². The van der Waals surface area contributed by atoms with Gasteiger partial charge < -0.3 is 10.2 Å². The number of amides is 1. The molecule has 0 saturated carbocycles. The first-order chi connectivity index (χ1) is 12.7. The molecule has 0 atom stereocenters. The van der Waals surface area contributed by atoms with Gasteiger partial charge in [0.1, 0.15) is 17.8 Å². The van der Waals surface area contributed by atoms with Crippen LogP contribution in [0.1, 0.15) is 29.7 Å². The van der Waals surface area contributed by atoms with Crippen molar-refractivity contribution in [1.29, 1.82) is 0 Å². The molecule has 5 nitrogen and oxygen atoms in total. The first-order valence-electron chi connectivity index (χ1n) is 8.76. The summed E-state index contributed by atoms with van der Waals surface area (Å²) >= 11 is 0. The van der Waals surface area contributed by atoms with E-state index in [1.807, 2.05) is 32.0 Å². The van der Waals surface area contributed by atoms with Gasteiger partial charge in [-0.1, -0.05) is 12.1 Å². The van der Waals surface area contributed by atoms with Gasteiger partial charge in [-0.15, -0.1) is 0 Å². The molecule has 3 rings (SSSR count). The Kier molecular flexibility index (Phi) is 5.34. The summed E-state index contributed by atoms with van der Waals surface area (Å²) in [5, 5.41) is 2.97. The maximum atomic E-state index is 12.8. The highest BCUT2D eigenvalue weighted by Gasteiger charge is 2.34. The van der Waals surface area contributed by atoms with Crippen molar-refractivity contribution in [1.82, 2.24) is 9.97 Å². The Bertz CT molecular complexity index is 830. The van der Waals surface area contributed by atoms with E-state index < -0.39 is 11.9 Å². The maximum Gasteiger partial charge on any atom is 0.433 e. The van der Waals surface area contributed by atoms with Crippen molar-refractivity contribution in [3.8, 4) is 0 Å². The van der Waals surface area contributed by atoms with Crippen molar-refractivity contribution >= 4 is 17.4 Å². The van der Waals surface area contributed by atoms with E-state index in [1.54, 1.807) is 4.90 Å². The van der Waals surface area contributed by atoms with E-state index in [1.165, 1.54) is 0 Å². The normalized spacial score (nSPS) is 15.7. The molecular weight excluding hydrogens is 357 g/mol. The summed E-state index contributed by atoms with van der Waals surface area (Å²) in [6.07, 6.45) is -2.46. The molecule has 8 heteroatoms. The number of halogens is 3. The Morgan fingerprint density at radius 1 is 1.15 bits per heavy atom. The molecule has 0 spiro atoms. The number of hydrogen-bond acceptors (Lipinski definition) is 4. The summed E-state index contributed by atoms with van der Waals surface area (Å²) in [6.45, 7) is 4.84. The smallest absolute Gasteiger partial charge is 0.356 e. The highest BCUT2D eigenvalue weighted by atomic mass is 19.4. The van der Waals surface area contributed by atoms with Crippen molar-refractivity contribution in [2.75, 3.05) is 23.3 Å². The number of aromatic nitrogens is 2. The topological polar surface area (TPSA) is 58.1 Å². The fraction of sp³-hybridized carbons (Fsp3) is 0.421. The van der Waals surface area contributed by atoms with Crippen LogP contribution in [0.2, 0.25) is 0 Å². The number of anilines is 2. The monoisotopic (exact) mass is 378 g/mol. The van der Waals surface area contributed by atoms with Crippen LogP contribution in [0.3, 0.4) is 0 Å². The molecule has 27 heavy (non-hydrogen) atoms. The molecule has 1 N–H and O–H groups in total. The number of aryl methyl sites for hydroxylation is 2. The quantitative estimate of drug-likeness (QED) is 0.878. The SMILES string of the molecule is Cc1ccc(C)c(NC(=O)C2CCN(c3cc(C(F)(F)F)ncn3)CC2)c1. The van der Waals surface area contributed by atoms with Gasteiger partial charge in [0.05, 0.1) is 0 Å². The minimum absolute atomic E-state index is 0.0537. The lowest BCUT2D eigenvalue weighted by molar-refractivity contribution is -0.141. The van der Waals surface area contributed by atoms with Gasteiger partial charge in [0.15, 0.2) is 0 Å². The zero-order chi connectivity index (χ0) is 19.6. The number of rotatable bonds is 3. The van der Waals surface area contributed by atoms with Crippen molar-refractivity contribution < 1.29 is 18.0 Å². The molecule has 0 bridgehead atoms. The van der Waals surface area contributed by atoms with Crippen LogP contribution in [0.15, 0.2) is 30.6 Å². The standard InChI is InChI=1S/C19H21F3N4O/c1-12-3-4-13(2)15(9-12)25-18(27)14-5-7-26(8-6-14)17-10-16(19(20,21)22)23-11-24-17/h3-4,9-11,14H,5-8H2,1-2H3,(H,25,27). The lowest BCUT2D eigenvalue weighted by Gasteiger charge is -2.32. The minimum Gasteiger partial charge on any atom is -0.356 e. The van der Waals surface area contributed by atoms with E-state index in [9.17, 15) is 18.0 Å². The summed E-state index contributed by atoms with van der Waals surface area (Å²) in [5.41, 5.74) is 1.90. The van der Waals surface area contributed by atoms with Gasteiger partial charge in [-0.25, -0.2) is 9.97 Å². The molecule has 1 aliphatic heterocycles. The molecule has 144 valence electrons. The number of nitrogens with zero attached hydrogens (tertiary/aromatic N) is 3. The maximum absolute atomic E-state index is 12.8. The minimum atomic E-state index is -4.50. The Morgan fingerprint density at radius 2 is 1.85 bits per heavy atom. The van der Waals surface area contributed by atoms with E-state index in [0.717, 1.165) is 29.2 Å². The van der Waals surface area contributed by atoms with Crippen LogP contribution in [-0.2, 0) is 11.0 Å². The summed E-state index contributed by atoms with van der Waals surface area (Å²) in [6, 6.07) is 6.83. The average Bonchev–Trinajstić information content (AvgIpc) is 2.64. The number of piperidine rings is 1. The average molecular weight is 378 g/mol. The third-order valence-corrected chi connectivity index (χ3v) is 4.78. The first kappa shape index (κ1) is 19.1. The molecule has 1 aromatic carbocycles. The first-order valence-corrected chi connectivity index (χ1v) is 8.76. The molecule has 0 aliphatic carbocycles. The van der Waals surface area contributed by atoms with E-state index in [-0.39, 0.29) is 17.6 Å². The molecule has 0 unspecified atom stereocenters. The van der Waals surface area contributed by atoms with E-state index in [0.29, 0.717) is 25.9 Å². The van der Waals surface area contributed by atoms with Crippen LogP contribution in [0, 0.1) is 19.8 Å². The number of carbonyl (C=O) groups is 1. The Hall–Kier alpha value is -2.64. The molecule has 1 saturated heterocycles. The van der Waals surface area contributed by atoms with Gasteiger partial charge in [-0.2, -0.15) is 13.2 Å². The molecule has 1 aliphatic rings. The second-order valence-electron chi connectivity index (χ2n) is 6.83. The predicted molar refractivity (Wildman–Crippen MR) is 96.5 cm³/mol. The van der Waals surface area contributed by atoms with Gasteiger partial charge in [0.25, 0.3) is 0 Å². The van der Waals surface area contributed by atoms with Crippen LogP contribution in [0.25, 0.3) is 0 Å². The highest BCUT2D eigenvalue weighted by molar-refractivity contribution is 5.93. The number of benzene rings is 1. The van der Waals surface area contributed by atoms with Crippen LogP contribution >= 0.6 is 0 Å². The third kappa shape index (κ3) is 4.56.